The van der Waals surface area contributed by atoms with Crippen LogP contribution in [0, 0.1) is 16.0 Å². The van der Waals surface area contributed by atoms with Gasteiger partial charge in [-0.2, -0.15) is 0 Å². The van der Waals surface area contributed by atoms with Crippen LogP contribution in [0.25, 0.3) is 0 Å². The molecule has 0 aromatic heterocycles. The Morgan fingerprint density at radius 1 is 1.50 bits per heavy atom. The number of nitrogens with one attached hydrogen (secondary N) is 1. The molecule has 110 valence electrons. The monoisotopic (exact) mass is 278 g/mol. The second-order valence-electron chi connectivity index (χ2n) is 5.39. The number of hydrazine groups is 1. The number of nitro benzene ring substituents is 1. The second-order valence-corrected chi connectivity index (χ2v) is 5.39. The van der Waals surface area contributed by atoms with E-state index in [1.54, 1.807) is 6.07 Å². The highest BCUT2D eigenvalue weighted by Crippen LogP contribution is 2.32. The molecule has 1 aromatic rings. The molecular formula is C14H22N4O2. The van der Waals surface area contributed by atoms with E-state index >= 15 is 0 Å². The van der Waals surface area contributed by atoms with E-state index in [1.165, 1.54) is 18.9 Å². The quantitative estimate of drug-likeness (QED) is 0.433. The van der Waals surface area contributed by atoms with E-state index in [2.05, 4.69) is 17.2 Å². The van der Waals surface area contributed by atoms with E-state index < -0.39 is 4.92 Å². The van der Waals surface area contributed by atoms with Crippen LogP contribution in [0.4, 0.5) is 11.4 Å². The van der Waals surface area contributed by atoms with Gasteiger partial charge in [-0.15, -0.1) is 0 Å². The van der Waals surface area contributed by atoms with Crippen LogP contribution in [0.1, 0.15) is 31.7 Å². The summed E-state index contributed by atoms with van der Waals surface area (Å²) < 4.78 is 0. The molecule has 0 heterocycles. The Labute approximate surface area is 119 Å². The molecule has 6 nitrogen and oxygen atoms in total. The standard InChI is InChI=1S/C14H22N4O2/c1-2-8-17(9-11-6-7-11)10-12-4-3-5-13(18(19)20)14(12)16-15/h3-5,11,16H,2,6-10,15H2,1H3. The zero-order chi connectivity index (χ0) is 14.5. The maximum Gasteiger partial charge on any atom is 0.293 e. The summed E-state index contributed by atoms with van der Waals surface area (Å²) in [4.78, 5) is 13.0. The van der Waals surface area contributed by atoms with Gasteiger partial charge in [-0.1, -0.05) is 19.1 Å². The summed E-state index contributed by atoms with van der Waals surface area (Å²) in [5.74, 6) is 6.28. The lowest BCUT2D eigenvalue weighted by atomic mass is 10.1. The van der Waals surface area contributed by atoms with E-state index in [1.807, 2.05) is 6.07 Å². The first-order chi connectivity index (χ1) is 9.65. The van der Waals surface area contributed by atoms with E-state index in [9.17, 15) is 10.1 Å². The van der Waals surface area contributed by atoms with Gasteiger partial charge in [-0.25, -0.2) is 0 Å². The summed E-state index contributed by atoms with van der Waals surface area (Å²) in [6, 6.07) is 5.09. The highest BCUT2D eigenvalue weighted by atomic mass is 16.6. The Morgan fingerprint density at radius 3 is 2.80 bits per heavy atom. The number of benzene rings is 1. The smallest absolute Gasteiger partial charge is 0.293 e. The van der Waals surface area contributed by atoms with Crippen LogP contribution in [0.5, 0.6) is 0 Å². The molecule has 0 saturated heterocycles. The average molecular weight is 278 g/mol. The number of nitrogens with two attached hydrogens (primary N) is 1. The normalized spacial score (nSPS) is 14.6. The lowest BCUT2D eigenvalue weighted by Crippen LogP contribution is -2.27. The molecule has 0 unspecified atom stereocenters. The molecule has 6 heteroatoms. The fourth-order valence-electron chi connectivity index (χ4n) is 2.49. The van der Waals surface area contributed by atoms with Crippen molar-refractivity contribution < 1.29 is 4.92 Å². The van der Waals surface area contributed by atoms with Gasteiger partial charge in [0.2, 0.25) is 0 Å². The third-order valence-electron chi connectivity index (χ3n) is 3.62. The Bertz CT molecular complexity index is 474. The molecule has 0 bridgehead atoms. The molecule has 1 aliphatic carbocycles. The predicted octanol–water partition coefficient (Wildman–Crippen LogP) is 2.50. The van der Waals surface area contributed by atoms with Crippen LogP contribution in [0.3, 0.4) is 0 Å². The highest BCUT2D eigenvalue weighted by molar-refractivity contribution is 5.65. The van der Waals surface area contributed by atoms with Crippen molar-refractivity contribution >= 4 is 11.4 Å². The van der Waals surface area contributed by atoms with Gasteiger partial charge in [0, 0.05) is 19.2 Å². The van der Waals surface area contributed by atoms with Crippen LogP contribution < -0.4 is 11.3 Å². The van der Waals surface area contributed by atoms with Gasteiger partial charge in [0.05, 0.1) is 4.92 Å². The Kier molecular flexibility index (Phi) is 4.92. The van der Waals surface area contributed by atoms with E-state index in [4.69, 9.17) is 5.84 Å². The molecule has 1 aliphatic rings. The minimum Gasteiger partial charge on any atom is -0.318 e. The molecule has 2 rings (SSSR count). The Balaban J connectivity index is 2.17. The Hall–Kier alpha value is -1.66. The van der Waals surface area contributed by atoms with Crippen LogP contribution >= 0.6 is 0 Å². The summed E-state index contributed by atoms with van der Waals surface area (Å²) in [5.41, 5.74) is 3.84. The van der Waals surface area contributed by atoms with Crippen molar-refractivity contribution in [2.75, 3.05) is 18.5 Å². The van der Waals surface area contributed by atoms with Crippen molar-refractivity contribution in [1.29, 1.82) is 0 Å². The molecule has 1 aromatic carbocycles. The van der Waals surface area contributed by atoms with Crippen molar-refractivity contribution in [3.8, 4) is 0 Å². The number of nitrogens with zero attached hydrogens (tertiary/aromatic N) is 2. The second kappa shape index (κ2) is 6.67. The number of hydrogen-bond donors (Lipinski definition) is 2. The third kappa shape index (κ3) is 3.68. The summed E-state index contributed by atoms with van der Waals surface area (Å²) in [5, 5.41) is 11.0. The minimum atomic E-state index is -0.399. The first-order valence-electron chi connectivity index (χ1n) is 7.11. The van der Waals surface area contributed by atoms with Gasteiger partial charge in [0.25, 0.3) is 5.69 Å². The van der Waals surface area contributed by atoms with Crippen LogP contribution in [-0.2, 0) is 6.54 Å². The summed E-state index contributed by atoms with van der Waals surface area (Å²) in [6.07, 6.45) is 3.68. The number of anilines is 1. The maximum atomic E-state index is 11.0. The van der Waals surface area contributed by atoms with Crippen LogP contribution in [0.15, 0.2) is 18.2 Å². The van der Waals surface area contributed by atoms with Crippen molar-refractivity contribution in [2.24, 2.45) is 11.8 Å². The first kappa shape index (κ1) is 14.7. The third-order valence-corrected chi connectivity index (χ3v) is 3.62. The lowest BCUT2D eigenvalue weighted by Gasteiger charge is -2.22. The van der Waals surface area contributed by atoms with Gasteiger partial charge in [-0.05, 0) is 37.3 Å². The minimum absolute atomic E-state index is 0.0351. The molecule has 20 heavy (non-hydrogen) atoms. The zero-order valence-corrected chi connectivity index (χ0v) is 11.8. The summed E-state index contributed by atoms with van der Waals surface area (Å²) >= 11 is 0. The summed E-state index contributed by atoms with van der Waals surface area (Å²) in [6.45, 7) is 4.92. The van der Waals surface area contributed by atoms with Crippen LogP contribution in [0.2, 0.25) is 0 Å². The van der Waals surface area contributed by atoms with E-state index in [-0.39, 0.29) is 5.69 Å². The van der Waals surface area contributed by atoms with Crippen molar-refractivity contribution in [1.82, 2.24) is 4.90 Å². The van der Waals surface area contributed by atoms with Crippen molar-refractivity contribution in [3.05, 3.63) is 33.9 Å². The largest absolute Gasteiger partial charge is 0.318 e. The predicted molar refractivity (Wildman–Crippen MR) is 79.2 cm³/mol. The molecule has 3 N–H and O–H groups in total. The molecule has 0 spiro atoms. The van der Waals surface area contributed by atoms with Gasteiger partial charge in [0.15, 0.2) is 0 Å². The van der Waals surface area contributed by atoms with Gasteiger partial charge in [-0.3, -0.25) is 20.9 Å². The molecular weight excluding hydrogens is 256 g/mol. The number of nitro groups is 1. The molecule has 0 aliphatic heterocycles. The number of nitrogen functional groups attached to an aromatic ring is 1. The molecule has 0 radical (unpaired) electrons. The molecule has 0 atom stereocenters. The van der Waals surface area contributed by atoms with Crippen LogP contribution in [-0.4, -0.2) is 22.9 Å². The number of para-hydroxylation sites is 1. The highest BCUT2D eigenvalue weighted by Gasteiger charge is 2.25. The van der Waals surface area contributed by atoms with Gasteiger partial charge >= 0.3 is 0 Å². The maximum absolute atomic E-state index is 11.0. The zero-order valence-electron chi connectivity index (χ0n) is 11.8. The van der Waals surface area contributed by atoms with Gasteiger partial charge < -0.3 is 5.43 Å². The summed E-state index contributed by atoms with van der Waals surface area (Å²) in [7, 11) is 0. The van der Waals surface area contributed by atoms with Crippen molar-refractivity contribution in [2.45, 2.75) is 32.7 Å². The topological polar surface area (TPSA) is 84.4 Å². The fourth-order valence-corrected chi connectivity index (χ4v) is 2.49. The fraction of sp³-hybridized carbons (Fsp3) is 0.571. The SMILES string of the molecule is CCCN(Cc1cccc([N+](=O)[O-])c1NN)CC1CC1. The number of rotatable bonds is 8. The van der Waals surface area contributed by atoms with Crippen molar-refractivity contribution in [3.63, 3.8) is 0 Å². The Morgan fingerprint density at radius 2 is 2.25 bits per heavy atom. The lowest BCUT2D eigenvalue weighted by molar-refractivity contribution is -0.384. The number of hydrogen-bond acceptors (Lipinski definition) is 5. The van der Waals surface area contributed by atoms with Gasteiger partial charge in [0.1, 0.15) is 5.69 Å². The molecule has 1 fully saturated rings. The average Bonchev–Trinajstić information content (AvgIpc) is 3.22. The first-order valence-corrected chi connectivity index (χ1v) is 7.11. The molecule has 0 amide bonds. The molecule has 1 saturated carbocycles. The van der Waals surface area contributed by atoms with E-state index in [0.717, 1.165) is 31.0 Å². The van der Waals surface area contributed by atoms with E-state index in [0.29, 0.717) is 12.2 Å².